The van der Waals surface area contributed by atoms with Crippen molar-refractivity contribution < 1.29 is 39.6 Å². The van der Waals surface area contributed by atoms with E-state index in [-0.39, 0.29) is 23.7 Å². The van der Waals surface area contributed by atoms with Crippen molar-refractivity contribution in [2.24, 2.45) is 23.7 Å². The maximum atomic E-state index is 10.5. The molecule has 4 saturated carbocycles. The number of aliphatic carboxylic acids is 4. The van der Waals surface area contributed by atoms with Gasteiger partial charge in [0.25, 0.3) is 0 Å². The first-order valence-electron chi connectivity index (χ1n) is 13.1. The van der Waals surface area contributed by atoms with Gasteiger partial charge in [0.05, 0.1) is 23.7 Å². The molecule has 34 heavy (non-hydrogen) atoms. The van der Waals surface area contributed by atoms with E-state index in [9.17, 15) is 19.2 Å². The molecular weight excluding hydrogens is 440 g/mol. The summed E-state index contributed by atoms with van der Waals surface area (Å²) in [5.74, 6) is -2.51. The number of carbonyl (C=O) groups is 4. The highest BCUT2D eigenvalue weighted by molar-refractivity contribution is 5.71. The Morgan fingerprint density at radius 2 is 0.500 bits per heavy atom. The fraction of sp³-hybridized carbons (Fsp3) is 0.846. The standard InChI is InChI=1S/C8H14O2.C7H12O2.C6H10O2.C5H8O2/c9-8(10)7-5-3-1-2-4-6-7;8-7(9)6-4-2-1-3-5-6;7-6(8)5-3-1-2-4-5;6-5(7)4-2-1-3-4/h7H,1-6H2,(H,9,10);6H,1-5H2,(H,8,9);5H,1-4H2,(H,7,8);4H,1-3H2,(H,6,7). The minimum atomic E-state index is -0.619. The Labute approximate surface area is 203 Å². The molecule has 0 aliphatic heterocycles. The van der Waals surface area contributed by atoms with Crippen molar-refractivity contribution in [1.82, 2.24) is 0 Å². The van der Waals surface area contributed by atoms with Gasteiger partial charge in [0.2, 0.25) is 0 Å². The molecule has 4 aliphatic rings. The molecule has 8 heteroatoms. The molecule has 0 unspecified atom stereocenters. The summed E-state index contributed by atoms with van der Waals surface area (Å²) in [4.78, 5) is 41.0. The zero-order valence-electron chi connectivity index (χ0n) is 20.5. The van der Waals surface area contributed by atoms with Crippen LogP contribution in [0.15, 0.2) is 0 Å². The second-order valence-electron chi connectivity index (χ2n) is 9.99. The van der Waals surface area contributed by atoms with E-state index >= 15 is 0 Å². The fourth-order valence-corrected chi connectivity index (χ4v) is 4.70. The van der Waals surface area contributed by atoms with Crippen molar-refractivity contribution >= 4 is 23.9 Å². The quantitative estimate of drug-likeness (QED) is 0.364. The molecule has 0 amide bonds. The van der Waals surface area contributed by atoms with E-state index in [1.165, 1.54) is 19.3 Å². The summed E-state index contributed by atoms with van der Waals surface area (Å²) in [6.07, 6.45) is 18.6. The van der Waals surface area contributed by atoms with E-state index in [0.717, 1.165) is 96.3 Å². The van der Waals surface area contributed by atoms with Crippen LogP contribution in [-0.2, 0) is 19.2 Å². The molecule has 4 rings (SSSR count). The van der Waals surface area contributed by atoms with Gasteiger partial charge in [-0.15, -0.1) is 0 Å². The van der Waals surface area contributed by atoms with Crippen LogP contribution in [0.2, 0.25) is 0 Å². The highest BCUT2D eigenvalue weighted by atomic mass is 16.4. The van der Waals surface area contributed by atoms with Gasteiger partial charge in [-0.1, -0.05) is 64.2 Å². The molecule has 0 aromatic heterocycles. The van der Waals surface area contributed by atoms with Gasteiger partial charge in [-0.3, -0.25) is 19.2 Å². The Morgan fingerprint density at radius 1 is 0.324 bits per heavy atom. The van der Waals surface area contributed by atoms with Gasteiger partial charge in [-0.25, -0.2) is 0 Å². The molecule has 0 saturated heterocycles. The van der Waals surface area contributed by atoms with Gasteiger partial charge in [0, 0.05) is 0 Å². The lowest BCUT2D eigenvalue weighted by molar-refractivity contribution is -0.145. The smallest absolute Gasteiger partial charge is 0.306 e. The summed E-state index contributed by atoms with van der Waals surface area (Å²) in [5.41, 5.74) is 0. The third-order valence-electron chi connectivity index (χ3n) is 7.32. The number of carboxylic acid groups (broad SMARTS) is 4. The fourth-order valence-electron chi connectivity index (χ4n) is 4.70. The lowest BCUT2D eigenvalue weighted by atomic mass is 9.86. The highest BCUT2D eigenvalue weighted by Gasteiger charge is 2.24. The molecule has 4 aliphatic carbocycles. The van der Waals surface area contributed by atoms with E-state index < -0.39 is 23.9 Å². The molecule has 4 fully saturated rings. The van der Waals surface area contributed by atoms with Crippen molar-refractivity contribution in [3.05, 3.63) is 0 Å². The monoisotopic (exact) mass is 484 g/mol. The predicted molar refractivity (Wildman–Crippen MR) is 128 cm³/mol. The molecule has 0 spiro atoms. The van der Waals surface area contributed by atoms with Crippen LogP contribution in [0.3, 0.4) is 0 Å². The van der Waals surface area contributed by atoms with Gasteiger partial charge in [-0.05, 0) is 51.4 Å². The van der Waals surface area contributed by atoms with E-state index in [1.807, 2.05) is 0 Å². The summed E-state index contributed by atoms with van der Waals surface area (Å²) >= 11 is 0. The van der Waals surface area contributed by atoms with Crippen LogP contribution in [0.4, 0.5) is 0 Å². The molecule has 0 aromatic rings. The Kier molecular flexibility index (Phi) is 15.3. The topological polar surface area (TPSA) is 149 Å². The van der Waals surface area contributed by atoms with Crippen molar-refractivity contribution in [2.75, 3.05) is 0 Å². The molecule has 0 bridgehead atoms. The summed E-state index contributed by atoms with van der Waals surface area (Å²) in [5, 5.41) is 33.8. The normalized spacial score (nSPS) is 21.6. The van der Waals surface area contributed by atoms with Crippen molar-refractivity contribution in [1.29, 1.82) is 0 Å². The molecule has 196 valence electrons. The molecule has 0 radical (unpaired) electrons. The average Bonchev–Trinajstić information content (AvgIpc) is 3.17. The van der Waals surface area contributed by atoms with Crippen LogP contribution in [0.5, 0.6) is 0 Å². The van der Waals surface area contributed by atoms with Crippen molar-refractivity contribution in [3.63, 3.8) is 0 Å². The molecule has 0 atom stereocenters. The summed E-state index contributed by atoms with van der Waals surface area (Å²) in [6.45, 7) is 0. The lowest BCUT2D eigenvalue weighted by Crippen LogP contribution is -2.20. The van der Waals surface area contributed by atoms with Crippen molar-refractivity contribution in [3.8, 4) is 0 Å². The minimum Gasteiger partial charge on any atom is -0.481 e. The number of hydrogen-bond donors (Lipinski definition) is 4. The zero-order valence-corrected chi connectivity index (χ0v) is 20.5. The Morgan fingerprint density at radius 3 is 0.676 bits per heavy atom. The second kappa shape index (κ2) is 17.3. The molecule has 0 heterocycles. The van der Waals surface area contributed by atoms with Gasteiger partial charge >= 0.3 is 23.9 Å². The summed E-state index contributed by atoms with van der Waals surface area (Å²) in [6, 6.07) is 0. The third kappa shape index (κ3) is 12.9. The van der Waals surface area contributed by atoms with Crippen molar-refractivity contribution in [2.45, 2.75) is 116 Å². The van der Waals surface area contributed by atoms with E-state index in [4.69, 9.17) is 20.4 Å². The van der Waals surface area contributed by atoms with Gasteiger partial charge in [-0.2, -0.15) is 0 Å². The van der Waals surface area contributed by atoms with Crippen LogP contribution in [0, 0.1) is 23.7 Å². The summed E-state index contributed by atoms with van der Waals surface area (Å²) < 4.78 is 0. The van der Waals surface area contributed by atoms with Gasteiger partial charge < -0.3 is 20.4 Å². The van der Waals surface area contributed by atoms with Gasteiger partial charge in [0.1, 0.15) is 0 Å². The van der Waals surface area contributed by atoms with Crippen LogP contribution in [0.1, 0.15) is 116 Å². The van der Waals surface area contributed by atoms with Crippen LogP contribution < -0.4 is 0 Å². The lowest BCUT2D eigenvalue weighted by Gasteiger charge is -2.19. The van der Waals surface area contributed by atoms with E-state index in [1.54, 1.807) is 0 Å². The number of rotatable bonds is 4. The van der Waals surface area contributed by atoms with Crippen LogP contribution >= 0.6 is 0 Å². The van der Waals surface area contributed by atoms with E-state index in [0.29, 0.717) is 0 Å². The molecular formula is C26H44O8. The van der Waals surface area contributed by atoms with Crippen LogP contribution in [-0.4, -0.2) is 44.3 Å². The zero-order chi connectivity index (χ0) is 25.3. The maximum absolute atomic E-state index is 10.5. The SMILES string of the molecule is O=C(O)C1CCC1.O=C(O)C1CCCC1.O=C(O)C1CCCCC1.O=C(O)C1CCCCCC1. The molecule has 0 aromatic carbocycles. The largest absolute Gasteiger partial charge is 0.481 e. The maximum Gasteiger partial charge on any atom is 0.306 e. The first kappa shape index (κ1) is 29.9. The van der Waals surface area contributed by atoms with E-state index in [2.05, 4.69) is 0 Å². The minimum absolute atomic E-state index is 0.000000000000000444. The highest BCUT2D eigenvalue weighted by Crippen LogP contribution is 2.26. The predicted octanol–water partition coefficient (Wildman–Crippen LogP) is 5.83. The molecule has 8 nitrogen and oxygen atoms in total. The second-order valence-corrected chi connectivity index (χ2v) is 9.99. The first-order chi connectivity index (χ1) is 16.2. The van der Waals surface area contributed by atoms with Crippen LogP contribution in [0.25, 0.3) is 0 Å². The average molecular weight is 485 g/mol. The third-order valence-corrected chi connectivity index (χ3v) is 7.32. The Hall–Kier alpha value is -2.12. The first-order valence-corrected chi connectivity index (χ1v) is 13.1. The number of carboxylic acids is 4. The van der Waals surface area contributed by atoms with Gasteiger partial charge in [0.15, 0.2) is 0 Å². The number of hydrogen-bond acceptors (Lipinski definition) is 4. The Bertz CT molecular complexity index is 608. The summed E-state index contributed by atoms with van der Waals surface area (Å²) in [7, 11) is 0. The molecule has 4 N–H and O–H groups in total. The Balaban J connectivity index is 0.000000228.